The van der Waals surface area contributed by atoms with Gasteiger partial charge in [0.1, 0.15) is 0 Å². The lowest BCUT2D eigenvalue weighted by molar-refractivity contribution is -0.139. The van der Waals surface area contributed by atoms with Crippen LogP contribution >= 0.6 is 0 Å². The van der Waals surface area contributed by atoms with Crippen molar-refractivity contribution in [1.29, 1.82) is 0 Å². The number of rotatable bonds is 10. The molecule has 0 radical (unpaired) electrons. The fourth-order valence-corrected chi connectivity index (χ4v) is 1.66. The third kappa shape index (κ3) is 6.36. The maximum Gasteiger partial charge on any atom is 0.303 e. The van der Waals surface area contributed by atoms with Crippen LogP contribution in [0.15, 0.2) is 0 Å². The predicted molar refractivity (Wildman–Crippen MR) is 71.8 cm³/mol. The zero-order chi connectivity index (χ0) is 14.2. The van der Waals surface area contributed by atoms with Crippen molar-refractivity contribution in [1.82, 2.24) is 0 Å². The molecule has 0 aliphatic heterocycles. The molecule has 0 aliphatic carbocycles. The van der Waals surface area contributed by atoms with E-state index in [-0.39, 0.29) is 17.6 Å². The van der Waals surface area contributed by atoms with Gasteiger partial charge in [0.2, 0.25) is 0 Å². The van der Waals surface area contributed by atoms with Crippen molar-refractivity contribution >= 4 is 5.97 Å². The standard InChI is InChI=1S/C14H28O4/c1-6-13(3,17-5)10-11-18-14(4,7-2)9-8-12(15)16/h6-11H2,1-5H3,(H,15,16). The normalized spacial score (nSPS) is 18.1. The number of carboxylic acid groups (broad SMARTS) is 1. The molecule has 0 fully saturated rings. The van der Waals surface area contributed by atoms with Crippen molar-refractivity contribution < 1.29 is 19.4 Å². The summed E-state index contributed by atoms with van der Waals surface area (Å²) in [6.07, 6.45) is 3.28. The molecule has 2 atom stereocenters. The molecule has 1 N–H and O–H groups in total. The third-order valence-electron chi connectivity index (χ3n) is 3.94. The molecule has 0 aromatic heterocycles. The highest BCUT2D eigenvalue weighted by Crippen LogP contribution is 2.25. The van der Waals surface area contributed by atoms with E-state index in [2.05, 4.69) is 13.8 Å². The first-order valence-corrected chi connectivity index (χ1v) is 6.71. The molecule has 0 rings (SSSR count). The van der Waals surface area contributed by atoms with Crippen LogP contribution in [0.4, 0.5) is 0 Å². The van der Waals surface area contributed by atoms with E-state index < -0.39 is 5.97 Å². The van der Waals surface area contributed by atoms with Gasteiger partial charge in [-0.25, -0.2) is 0 Å². The zero-order valence-electron chi connectivity index (χ0n) is 12.4. The maximum absolute atomic E-state index is 10.6. The number of ether oxygens (including phenoxy) is 2. The number of carbonyl (C=O) groups is 1. The highest BCUT2D eigenvalue weighted by Gasteiger charge is 2.26. The first-order chi connectivity index (χ1) is 8.31. The Kier molecular flexibility index (Phi) is 7.48. The molecule has 0 bridgehead atoms. The van der Waals surface area contributed by atoms with E-state index in [4.69, 9.17) is 14.6 Å². The van der Waals surface area contributed by atoms with Crippen LogP contribution in [0.1, 0.15) is 59.8 Å². The van der Waals surface area contributed by atoms with E-state index in [0.717, 1.165) is 19.3 Å². The summed E-state index contributed by atoms with van der Waals surface area (Å²) in [5, 5.41) is 8.73. The number of carboxylic acids is 1. The van der Waals surface area contributed by atoms with Gasteiger partial charge in [-0.2, -0.15) is 0 Å². The Morgan fingerprint density at radius 2 is 1.67 bits per heavy atom. The maximum atomic E-state index is 10.6. The number of aliphatic carboxylic acids is 1. The van der Waals surface area contributed by atoms with Crippen LogP contribution in [0.25, 0.3) is 0 Å². The predicted octanol–water partition coefficient (Wildman–Crippen LogP) is 3.24. The Morgan fingerprint density at radius 3 is 2.06 bits per heavy atom. The average molecular weight is 260 g/mol. The van der Waals surface area contributed by atoms with Crippen LogP contribution in [-0.2, 0) is 14.3 Å². The van der Waals surface area contributed by atoms with E-state index in [1.165, 1.54) is 0 Å². The molecule has 0 heterocycles. The topological polar surface area (TPSA) is 55.8 Å². The number of methoxy groups -OCH3 is 1. The van der Waals surface area contributed by atoms with Crippen LogP contribution < -0.4 is 0 Å². The molecule has 4 nitrogen and oxygen atoms in total. The second kappa shape index (κ2) is 7.74. The monoisotopic (exact) mass is 260 g/mol. The van der Waals surface area contributed by atoms with Crippen molar-refractivity contribution in [2.75, 3.05) is 13.7 Å². The molecule has 0 aromatic carbocycles. The second-order valence-electron chi connectivity index (χ2n) is 5.30. The minimum atomic E-state index is -0.770. The first kappa shape index (κ1) is 17.4. The summed E-state index contributed by atoms with van der Waals surface area (Å²) in [5.74, 6) is -0.770. The Hall–Kier alpha value is -0.610. The Balaban J connectivity index is 4.17. The molecule has 0 amide bonds. The summed E-state index contributed by atoms with van der Waals surface area (Å²) in [5.41, 5.74) is -0.498. The Bertz CT molecular complexity index is 248. The minimum Gasteiger partial charge on any atom is -0.481 e. The Morgan fingerprint density at radius 1 is 1.11 bits per heavy atom. The van der Waals surface area contributed by atoms with Gasteiger partial charge in [0.15, 0.2) is 0 Å². The zero-order valence-corrected chi connectivity index (χ0v) is 12.4. The van der Waals surface area contributed by atoms with Crippen molar-refractivity contribution in [3.05, 3.63) is 0 Å². The van der Waals surface area contributed by atoms with Gasteiger partial charge < -0.3 is 14.6 Å². The molecule has 0 spiro atoms. The number of hydrogen-bond acceptors (Lipinski definition) is 3. The summed E-state index contributed by atoms with van der Waals surface area (Å²) in [6, 6.07) is 0. The van der Waals surface area contributed by atoms with Gasteiger partial charge in [0.25, 0.3) is 0 Å². The lowest BCUT2D eigenvalue weighted by atomic mass is 9.95. The first-order valence-electron chi connectivity index (χ1n) is 6.71. The highest BCUT2D eigenvalue weighted by molar-refractivity contribution is 5.66. The van der Waals surface area contributed by atoms with Gasteiger partial charge in [0, 0.05) is 13.5 Å². The Labute approximate surface area is 111 Å². The molecule has 0 saturated heterocycles. The fraction of sp³-hybridized carbons (Fsp3) is 0.929. The highest BCUT2D eigenvalue weighted by atomic mass is 16.5. The third-order valence-corrected chi connectivity index (χ3v) is 3.94. The molecule has 18 heavy (non-hydrogen) atoms. The molecule has 0 aromatic rings. The summed E-state index contributed by atoms with van der Waals surface area (Å²) in [6.45, 7) is 8.76. The van der Waals surface area contributed by atoms with Crippen molar-refractivity contribution in [3.63, 3.8) is 0 Å². The van der Waals surface area contributed by atoms with Gasteiger partial charge in [-0.1, -0.05) is 13.8 Å². The van der Waals surface area contributed by atoms with Gasteiger partial charge >= 0.3 is 5.97 Å². The molecule has 2 unspecified atom stereocenters. The van der Waals surface area contributed by atoms with Crippen LogP contribution in [0, 0.1) is 0 Å². The smallest absolute Gasteiger partial charge is 0.303 e. The lowest BCUT2D eigenvalue weighted by Gasteiger charge is -2.32. The largest absolute Gasteiger partial charge is 0.481 e. The van der Waals surface area contributed by atoms with E-state index in [0.29, 0.717) is 13.0 Å². The molecular weight excluding hydrogens is 232 g/mol. The molecule has 108 valence electrons. The van der Waals surface area contributed by atoms with Crippen LogP contribution in [0.5, 0.6) is 0 Å². The molecule has 0 aliphatic rings. The van der Waals surface area contributed by atoms with E-state index in [1.807, 2.05) is 13.8 Å². The average Bonchev–Trinajstić information content (AvgIpc) is 2.36. The van der Waals surface area contributed by atoms with Crippen LogP contribution in [0.2, 0.25) is 0 Å². The number of hydrogen-bond donors (Lipinski definition) is 1. The van der Waals surface area contributed by atoms with E-state index in [1.54, 1.807) is 7.11 Å². The van der Waals surface area contributed by atoms with Gasteiger partial charge in [-0.3, -0.25) is 4.79 Å². The van der Waals surface area contributed by atoms with Gasteiger partial charge in [-0.15, -0.1) is 0 Å². The van der Waals surface area contributed by atoms with Crippen molar-refractivity contribution in [3.8, 4) is 0 Å². The summed E-state index contributed by atoms with van der Waals surface area (Å²) in [4.78, 5) is 10.6. The van der Waals surface area contributed by atoms with Crippen LogP contribution in [-0.4, -0.2) is 36.0 Å². The summed E-state index contributed by atoms with van der Waals surface area (Å²) in [7, 11) is 1.72. The van der Waals surface area contributed by atoms with Crippen molar-refractivity contribution in [2.24, 2.45) is 0 Å². The van der Waals surface area contributed by atoms with E-state index in [9.17, 15) is 4.79 Å². The quantitative estimate of drug-likeness (QED) is 0.655. The van der Waals surface area contributed by atoms with Crippen LogP contribution in [0.3, 0.4) is 0 Å². The fourth-order valence-electron chi connectivity index (χ4n) is 1.66. The second-order valence-corrected chi connectivity index (χ2v) is 5.30. The molecular formula is C14H28O4. The minimum absolute atomic E-state index is 0.151. The molecule has 4 heteroatoms. The summed E-state index contributed by atoms with van der Waals surface area (Å²) < 4.78 is 11.3. The van der Waals surface area contributed by atoms with Gasteiger partial charge in [0.05, 0.1) is 17.8 Å². The van der Waals surface area contributed by atoms with Gasteiger partial charge in [-0.05, 0) is 39.5 Å². The van der Waals surface area contributed by atoms with E-state index >= 15 is 0 Å². The lowest BCUT2D eigenvalue weighted by Crippen LogP contribution is -2.33. The SMILES string of the molecule is CCC(C)(CCOC(C)(CC)CCC(=O)O)OC. The van der Waals surface area contributed by atoms with Crippen molar-refractivity contribution in [2.45, 2.75) is 71.0 Å². The molecule has 0 saturated carbocycles. The summed E-state index contributed by atoms with van der Waals surface area (Å²) >= 11 is 0.